The third-order valence-electron chi connectivity index (χ3n) is 4.58. The van der Waals surface area contributed by atoms with Crippen molar-refractivity contribution in [3.05, 3.63) is 41.7 Å². The van der Waals surface area contributed by atoms with Crippen LogP contribution in [0.2, 0.25) is 0 Å². The molecule has 1 atom stereocenters. The fraction of sp³-hybridized carbons (Fsp3) is 0.353. The molecular formula is C17H19N7O. The Labute approximate surface area is 144 Å². The van der Waals surface area contributed by atoms with Gasteiger partial charge in [-0.25, -0.2) is 4.68 Å². The highest BCUT2D eigenvalue weighted by Gasteiger charge is 2.28. The van der Waals surface area contributed by atoms with Gasteiger partial charge >= 0.3 is 0 Å². The summed E-state index contributed by atoms with van der Waals surface area (Å²) in [7, 11) is 0. The molecule has 0 aliphatic heterocycles. The van der Waals surface area contributed by atoms with Gasteiger partial charge in [-0.05, 0) is 48.7 Å². The maximum absolute atomic E-state index is 12.8. The molecule has 0 fully saturated rings. The van der Waals surface area contributed by atoms with E-state index in [9.17, 15) is 4.79 Å². The molecule has 0 saturated carbocycles. The molecule has 0 spiro atoms. The van der Waals surface area contributed by atoms with Gasteiger partial charge in [-0.1, -0.05) is 12.1 Å². The van der Waals surface area contributed by atoms with Crippen LogP contribution in [0, 0.1) is 0 Å². The summed E-state index contributed by atoms with van der Waals surface area (Å²) in [5.41, 5.74) is 3.69. The molecule has 25 heavy (non-hydrogen) atoms. The number of fused-ring (bicyclic) bond motifs is 1. The summed E-state index contributed by atoms with van der Waals surface area (Å²) in [6.45, 7) is 2.67. The van der Waals surface area contributed by atoms with E-state index in [0.29, 0.717) is 12.4 Å². The fourth-order valence-corrected chi connectivity index (χ4v) is 3.32. The number of aryl methyl sites for hydroxylation is 2. The molecule has 4 rings (SSSR count). The number of nitrogens with zero attached hydrogens (tertiary/aromatic N) is 5. The van der Waals surface area contributed by atoms with E-state index in [2.05, 4.69) is 31.0 Å². The summed E-state index contributed by atoms with van der Waals surface area (Å²) in [6.07, 6.45) is 4.55. The van der Waals surface area contributed by atoms with Crippen molar-refractivity contribution in [1.29, 1.82) is 0 Å². The number of benzene rings is 1. The van der Waals surface area contributed by atoms with Crippen LogP contribution in [0.25, 0.3) is 11.4 Å². The summed E-state index contributed by atoms with van der Waals surface area (Å²) in [5, 5.41) is 21.8. The lowest BCUT2D eigenvalue weighted by molar-refractivity contribution is -0.117. The van der Waals surface area contributed by atoms with Gasteiger partial charge in [0, 0.05) is 29.1 Å². The largest absolute Gasteiger partial charge is 0.326 e. The summed E-state index contributed by atoms with van der Waals surface area (Å²) in [5.74, 6) is 0.523. The van der Waals surface area contributed by atoms with Gasteiger partial charge < -0.3 is 5.32 Å². The maximum atomic E-state index is 12.8. The molecule has 128 valence electrons. The minimum Gasteiger partial charge on any atom is -0.326 e. The van der Waals surface area contributed by atoms with Crippen LogP contribution < -0.4 is 5.32 Å². The number of aromatic nitrogens is 6. The molecule has 2 heterocycles. The minimum absolute atomic E-state index is 0.00502. The fourth-order valence-electron chi connectivity index (χ4n) is 3.32. The lowest BCUT2D eigenvalue weighted by atomic mass is 9.86. The zero-order chi connectivity index (χ0) is 17.2. The lowest BCUT2D eigenvalue weighted by Gasteiger charge is -2.21. The number of carbonyl (C=O) groups excluding carboxylic acids is 1. The highest BCUT2D eigenvalue weighted by atomic mass is 16.1. The Morgan fingerprint density at radius 1 is 1.44 bits per heavy atom. The van der Waals surface area contributed by atoms with E-state index < -0.39 is 0 Å². The Balaban J connectivity index is 1.56. The quantitative estimate of drug-likeness (QED) is 0.759. The van der Waals surface area contributed by atoms with Crippen molar-refractivity contribution in [1.82, 2.24) is 30.4 Å². The van der Waals surface area contributed by atoms with E-state index in [1.165, 1.54) is 0 Å². The number of carbonyl (C=O) groups is 1. The number of anilines is 1. The smallest absolute Gasteiger partial charge is 0.232 e. The standard InChI is InChI=1S/C17H19N7O/c1-2-24-16(21-22-23-24)11-5-3-6-12(9-11)19-17(25)13-7-4-8-15-14(13)10-18-20-15/h3,5-6,9-10,13H,2,4,7-8H2,1H3,(H,18,20)(H,19,25). The predicted molar refractivity (Wildman–Crippen MR) is 91.8 cm³/mol. The number of H-pyrrole nitrogens is 1. The van der Waals surface area contributed by atoms with Crippen LogP contribution in [0.5, 0.6) is 0 Å². The first-order valence-electron chi connectivity index (χ1n) is 8.46. The van der Waals surface area contributed by atoms with Crippen molar-refractivity contribution in [2.45, 2.75) is 38.6 Å². The molecule has 1 aromatic carbocycles. The summed E-state index contributed by atoms with van der Waals surface area (Å²) in [4.78, 5) is 12.8. The van der Waals surface area contributed by atoms with Gasteiger partial charge in [0.05, 0.1) is 12.1 Å². The number of hydrogen-bond acceptors (Lipinski definition) is 5. The predicted octanol–water partition coefficient (Wildman–Crippen LogP) is 2.14. The topological polar surface area (TPSA) is 101 Å². The van der Waals surface area contributed by atoms with E-state index in [0.717, 1.165) is 41.8 Å². The average Bonchev–Trinajstić information content (AvgIpc) is 3.30. The SMILES string of the molecule is CCn1nnnc1-c1cccc(NC(=O)C2CCCc3[nH]ncc32)c1. The molecular weight excluding hydrogens is 318 g/mol. The van der Waals surface area contributed by atoms with E-state index in [1.54, 1.807) is 10.9 Å². The van der Waals surface area contributed by atoms with Crippen molar-refractivity contribution in [3.8, 4) is 11.4 Å². The molecule has 1 unspecified atom stereocenters. The van der Waals surface area contributed by atoms with Crippen molar-refractivity contribution in [3.63, 3.8) is 0 Å². The van der Waals surface area contributed by atoms with Crippen molar-refractivity contribution >= 4 is 11.6 Å². The highest BCUT2D eigenvalue weighted by molar-refractivity contribution is 5.96. The third kappa shape index (κ3) is 2.90. The molecule has 0 radical (unpaired) electrons. The Bertz CT molecular complexity index is 898. The Morgan fingerprint density at radius 3 is 3.24 bits per heavy atom. The van der Waals surface area contributed by atoms with E-state index in [4.69, 9.17) is 0 Å². The Morgan fingerprint density at radius 2 is 2.36 bits per heavy atom. The molecule has 3 aromatic rings. The van der Waals surface area contributed by atoms with Crippen LogP contribution in [0.15, 0.2) is 30.5 Å². The molecule has 2 N–H and O–H groups in total. The van der Waals surface area contributed by atoms with Crippen molar-refractivity contribution in [2.75, 3.05) is 5.32 Å². The number of hydrogen-bond donors (Lipinski definition) is 2. The van der Waals surface area contributed by atoms with Gasteiger partial charge in [-0.3, -0.25) is 9.89 Å². The van der Waals surface area contributed by atoms with Crippen LogP contribution in [-0.2, 0) is 17.8 Å². The van der Waals surface area contributed by atoms with Gasteiger partial charge in [0.2, 0.25) is 5.91 Å². The number of nitrogens with one attached hydrogen (secondary N) is 2. The van der Waals surface area contributed by atoms with Crippen LogP contribution in [-0.4, -0.2) is 36.3 Å². The third-order valence-corrected chi connectivity index (χ3v) is 4.58. The average molecular weight is 337 g/mol. The van der Waals surface area contributed by atoms with Gasteiger partial charge in [0.1, 0.15) is 0 Å². The van der Waals surface area contributed by atoms with Gasteiger partial charge in [-0.2, -0.15) is 5.10 Å². The van der Waals surface area contributed by atoms with Gasteiger partial charge in [0.25, 0.3) is 0 Å². The summed E-state index contributed by atoms with van der Waals surface area (Å²) in [6, 6.07) is 7.60. The Hall–Kier alpha value is -3.03. The molecule has 0 bridgehead atoms. The van der Waals surface area contributed by atoms with Crippen molar-refractivity contribution in [2.24, 2.45) is 0 Å². The minimum atomic E-state index is -0.160. The van der Waals surface area contributed by atoms with E-state index in [-0.39, 0.29) is 11.8 Å². The zero-order valence-electron chi connectivity index (χ0n) is 13.9. The first-order chi connectivity index (χ1) is 12.3. The monoisotopic (exact) mass is 337 g/mol. The second kappa shape index (κ2) is 6.46. The summed E-state index contributed by atoms with van der Waals surface area (Å²) < 4.78 is 1.72. The molecule has 1 aliphatic carbocycles. The number of tetrazole rings is 1. The van der Waals surface area contributed by atoms with Crippen LogP contribution in [0.4, 0.5) is 5.69 Å². The van der Waals surface area contributed by atoms with Gasteiger partial charge in [0.15, 0.2) is 5.82 Å². The second-order valence-electron chi connectivity index (χ2n) is 6.14. The first-order valence-corrected chi connectivity index (χ1v) is 8.46. The second-order valence-corrected chi connectivity index (χ2v) is 6.14. The molecule has 1 aliphatic rings. The van der Waals surface area contributed by atoms with E-state index in [1.807, 2.05) is 31.2 Å². The first kappa shape index (κ1) is 15.5. The van der Waals surface area contributed by atoms with Crippen LogP contribution >= 0.6 is 0 Å². The van der Waals surface area contributed by atoms with Crippen LogP contribution in [0.3, 0.4) is 0 Å². The number of aromatic amines is 1. The summed E-state index contributed by atoms with van der Waals surface area (Å²) >= 11 is 0. The van der Waals surface area contributed by atoms with Crippen molar-refractivity contribution < 1.29 is 4.79 Å². The molecule has 8 nitrogen and oxygen atoms in total. The normalized spacial score (nSPS) is 16.4. The lowest BCUT2D eigenvalue weighted by Crippen LogP contribution is -2.24. The molecule has 8 heteroatoms. The highest BCUT2D eigenvalue weighted by Crippen LogP contribution is 2.31. The zero-order valence-corrected chi connectivity index (χ0v) is 13.9. The van der Waals surface area contributed by atoms with Crippen LogP contribution in [0.1, 0.15) is 36.9 Å². The molecule has 2 aromatic heterocycles. The number of rotatable bonds is 4. The number of amides is 1. The maximum Gasteiger partial charge on any atom is 0.232 e. The van der Waals surface area contributed by atoms with Gasteiger partial charge in [-0.15, -0.1) is 5.10 Å². The molecule has 1 amide bonds. The Kier molecular flexibility index (Phi) is 4.01. The van der Waals surface area contributed by atoms with E-state index >= 15 is 0 Å². The molecule has 0 saturated heterocycles.